The molecular weight excluding hydrogens is 488 g/mol. The molecule has 0 saturated heterocycles. The summed E-state index contributed by atoms with van der Waals surface area (Å²) < 4.78 is 30.0. The quantitative estimate of drug-likeness (QED) is 0.318. The molecule has 0 aliphatic heterocycles. The van der Waals surface area contributed by atoms with E-state index in [9.17, 15) is 13.2 Å². The topological polar surface area (TPSA) is 105 Å². The van der Waals surface area contributed by atoms with Crippen LogP contribution >= 0.6 is 0 Å². The van der Waals surface area contributed by atoms with E-state index in [1.807, 2.05) is 29.2 Å². The Bertz CT molecular complexity index is 1460. The van der Waals surface area contributed by atoms with Crippen LogP contribution in [-0.4, -0.2) is 30.5 Å². The molecule has 0 fully saturated rings. The maximum atomic E-state index is 13.4. The summed E-state index contributed by atoms with van der Waals surface area (Å²) in [5, 5.41) is 2.39. The lowest BCUT2D eigenvalue weighted by Gasteiger charge is -2.26. The summed E-state index contributed by atoms with van der Waals surface area (Å²) in [7, 11) is -3.74. The number of sulfone groups is 1. The van der Waals surface area contributed by atoms with Crippen molar-refractivity contribution < 1.29 is 17.6 Å². The fraction of sp³-hybridized carbons (Fsp3) is 0.250. The first-order chi connectivity index (χ1) is 17.5. The fourth-order valence-electron chi connectivity index (χ4n) is 3.80. The van der Waals surface area contributed by atoms with Gasteiger partial charge in [-0.3, -0.25) is 4.79 Å². The number of hydrogen-bond donors (Lipinski definition) is 1. The molecule has 9 heteroatoms. The minimum Gasteiger partial charge on any atom is -0.467 e. The average Bonchev–Trinajstić information content (AvgIpc) is 3.36. The Morgan fingerprint density at radius 2 is 1.68 bits per heavy atom. The molecule has 2 aromatic heterocycles. The van der Waals surface area contributed by atoms with Crippen molar-refractivity contribution in [2.24, 2.45) is 0 Å². The summed E-state index contributed by atoms with van der Waals surface area (Å²) in [5.74, 6) is 0.133. The van der Waals surface area contributed by atoms with Gasteiger partial charge in [-0.05, 0) is 40.8 Å². The smallest absolute Gasteiger partial charge is 0.276 e. The largest absolute Gasteiger partial charge is 0.467 e. The summed E-state index contributed by atoms with van der Waals surface area (Å²) in [6.45, 7) is 7.20. The van der Waals surface area contributed by atoms with E-state index >= 15 is 0 Å². The fourth-order valence-corrected chi connectivity index (χ4v) is 4.30. The summed E-state index contributed by atoms with van der Waals surface area (Å²) in [6, 6.07) is 20.8. The number of anilines is 2. The van der Waals surface area contributed by atoms with Crippen LogP contribution in [0, 0.1) is 0 Å². The molecule has 192 valence electrons. The molecule has 1 amide bonds. The molecule has 0 spiro atoms. The molecule has 2 heterocycles. The number of nitrogens with zero attached hydrogens (tertiary/aromatic N) is 3. The zero-order chi connectivity index (χ0) is 26.6. The number of aromatic nitrogens is 2. The van der Waals surface area contributed by atoms with Crippen molar-refractivity contribution in [1.29, 1.82) is 0 Å². The third-order valence-corrected chi connectivity index (χ3v) is 6.65. The van der Waals surface area contributed by atoms with Crippen molar-refractivity contribution in [1.82, 2.24) is 9.97 Å². The minimum absolute atomic E-state index is 0.0183. The number of amides is 1. The van der Waals surface area contributed by atoms with Gasteiger partial charge in [0.2, 0.25) is 15.0 Å². The van der Waals surface area contributed by atoms with Gasteiger partial charge >= 0.3 is 0 Å². The predicted octanol–water partition coefficient (Wildman–Crippen LogP) is 5.23. The van der Waals surface area contributed by atoms with Crippen molar-refractivity contribution in [2.75, 3.05) is 16.5 Å². The van der Waals surface area contributed by atoms with Crippen LogP contribution in [0.1, 0.15) is 48.1 Å². The van der Waals surface area contributed by atoms with Crippen molar-refractivity contribution >= 4 is 27.1 Å². The van der Waals surface area contributed by atoms with E-state index in [0.29, 0.717) is 30.2 Å². The highest BCUT2D eigenvalue weighted by Gasteiger charge is 2.24. The Labute approximate surface area is 217 Å². The van der Waals surface area contributed by atoms with Gasteiger partial charge in [0.25, 0.3) is 5.91 Å². The van der Waals surface area contributed by atoms with Gasteiger partial charge in [-0.1, -0.05) is 63.2 Å². The van der Waals surface area contributed by atoms with Crippen LogP contribution in [0.3, 0.4) is 0 Å². The van der Waals surface area contributed by atoms with Gasteiger partial charge in [0, 0.05) is 18.5 Å². The summed E-state index contributed by atoms with van der Waals surface area (Å²) in [6.07, 6.45) is 3.98. The second kappa shape index (κ2) is 10.6. The zero-order valence-electron chi connectivity index (χ0n) is 21.3. The molecule has 0 aliphatic carbocycles. The van der Waals surface area contributed by atoms with Gasteiger partial charge in [-0.15, -0.1) is 0 Å². The van der Waals surface area contributed by atoms with Crippen LogP contribution in [0.5, 0.6) is 0 Å². The number of benzene rings is 2. The van der Waals surface area contributed by atoms with E-state index in [0.717, 1.165) is 11.8 Å². The number of carbonyl (C=O) groups excluding carboxylic acids is 1. The lowest BCUT2D eigenvalue weighted by Crippen LogP contribution is -2.27. The van der Waals surface area contributed by atoms with Gasteiger partial charge in [0.1, 0.15) is 5.76 Å². The molecule has 0 aliphatic rings. The molecule has 0 radical (unpaired) electrons. The number of furan rings is 1. The van der Waals surface area contributed by atoms with E-state index < -0.39 is 20.9 Å². The monoisotopic (exact) mass is 518 g/mol. The average molecular weight is 519 g/mol. The van der Waals surface area contributed by atoms with Crippen molar-refractivity contribution in [2.45, 2.75) is 44.4 Å². The number of rotatable bonds is 8. The van der Waals surface area contributed by atoms with Crippen LogP contribution in [0.25, 0.3) is 0 Å². The van der Waals surface area contributed by atoms with Crippen LogP contribution in [-0.2, 0) is 28.3 Å². The highest BCUT2D eigenvalue weighted by molar-refractivity contribution is 7.90. The van der Waals surface area contributed by atoms with E-state index in [1.165, 1.54) is 11.8 Å². The molecular formula is C28H30N4O4S. The highest BCUT2D eigenvalue weighted by atomic mass is 32.2. The molecule has 0 bridgehead atoms. The minimum atomic E-state index is -3.74. The SMILES string of the molecule is CC(C)(C)c1ccc(CN(Cc2ccco2)c2cnc(S(C)(=O)=O)nc2C(=O)Nc2ccccc2)cc1. The van der Waals surface area contributed by atoms with E-state index in [2.05, 4.69) is 48.2 Å². The van der Waals surface area contributed by atoms with Gasteiger partial charge in [-0.2, -0.15) is 0 Å². The number of para-hydroxylation sites is 1. The molecule has 4 rings (SSSR count). The van der Waals surface area contributed by atoms with Gasteiger partial charge < -0.3 is 14.6 Å². The molecule has 0 atom stereocenters. The summed E-state index contributed by atoms with van der Waals surface area (Å²) in [4.78, 5) is 23.6. The Hall–Kier alpha value is -3.98. The van der Waals surface area contributed by atoms with E-state index in [1.54, 1.807) is 36.6 Å². The zero-order valence-corrected chi connectivity index (χ0v) is 22.1. The Kier molecular flexibility index (Phi) is 7.45. The number of carbonyl (C=O) groups is 1. The highest BCUT2D eigenvalue weighted by Crippen LogP contribution is 2.27. The predicted molar refractivity (Wildman–Crippen MR) is 143 cm³/mol. The summed E-state index contributed by atoms with van der Waals surface area (Å²) >= 11 is 0. The Morgan fingerprint density at radius 3 is 2.27 bits per heavy atom. The van der Waals surface area contributed by atoms with Crippen molar-refractivity contribution in [3.05, 3.63) is 102 Å². The van der Waals surface area contributed by atoms with Gasteiger partial charge in [0.05, 0.1) is 24.7 Å². The van der Waals surface area contributed by atoms with Crippen molar-refractivity contribution in [3.63, 3.8) is 0 Å². The molecule has 0 saturated carbocycles. The lowest BCUT2D eigenvalue weighted by atomic mass is 9.87. The van der Waals surface area contributed by atoms with Gasteiger partial charge in [0.15, 0.2) is 5.69 Å². The second-order valence-corrected chi connectivity index (χ2v) is 11.8. The number of nitrogens with one attached hydrogen (secondary N) is 1. The lowest BCUT2D eigenvalue weighted by molar-refractivity contribution is 0.102. The van der Waals surface area contributed by atoms with E-state index in [4.69, 9.17) is 4.42 Å². The third-order valence-electron chi connectivity index (χ3n) is 5.79. The maximum absolute atomic E-state index is 13.4. The normalized spacial score (nSPS) is 11.8. The van der Waals surface area contributed by atoms with Crippen LogP contribution in [0.4, 0.5) is 11.4 Å². The first-order valence-corrected chi connectivity index (χ1v) is 13.7. The molecule has 1 N–H and O–H groups in total. The number of hydrogen-bond acceptors (Lipinski definition) is 7. The van der Waals surface area contributed by atoms with Crippen LogP contribution in [0.2, 0.25) is 0 Å². The standard InChI is InChI=1S/C28H30N4O4S/c1-28(2,3)21-14-12-20(13-15-21)18-32(19-23-11-8-16-36-23)24-17-29-27(37(4,34)35)31-25(24)26(33)30-22-9-6-5-7-10-22/h5-17H,18-19H2,1-4H3,(H,30,33). The molecule has 4 aromatic rings. The maximum Gasteiger partial charge on any atom is 0.276 e. The van der Waals surface area contributed by atoms with Gasteiger partial charge in [-0.25, -0.2) is 18.4 Å². The van der Waals surface area contributed by atoms with Crippen LogP contribution in [0.15, 0.2) is 88.8 Å². The molecule has 37 heavy (non-hydrogen) atoms. The van der Waals surface area contributed by atoms with Crippen molar-refractivity contribution in [3.8, 4) is 0 Å². The third kappa shape index (κ3) is 6.62. The van der Waals surface area contributed by atoms with E-state index in [-0.39, 0.29) is 11.1 Å². The molecule has 2 aromatic carbocycles. The first kappa shape index (κ1) is 26.1. The summed E-state index contributed by atoms with van der Waals surface area (Å²) in [5.41, 5.74) is 3.13. The Morgan fingerprint density at radius 1 is 0.973 bits per heavy atom. The van der Waals surface area contributed by atoms with Crippen LogP contribution < -0.4 is 10.2 Å². The second-order valence-electron chi connectivity index (χ2n) is 9.86. The molecule has 0 unspecified atom stereocenters. The molecule has 8 nitrogen and oxygen atoms in total. The first-order valence-electron chi connectivity index (χ1n) is 11.8. The Balaban J connectivity index is 1.76.